The second-order valence-electron chi connectivity index (χ2n) is 28.4. The molecule has 2 aliphatic heterocycles. The van der Waals surface area contributed by atoms with Gasteiger partial charge in [0.05, 0.1) is 28.4 Å². The Bertz CT molecular complexity index is 5810. The molecular weight excluding hydrogens is 1600 g/mol. The molecule has 10 aromatic carbocycles. The summed E-state index contributed by atoms with van der Waals surface area (Å²) in [6, 6.07) is 61.8. The van der Waals surface area contributed by atoms with E-state index in [2.05, 4.69) is 190 Å². The SMILES string of the molecule is CCCCNOC.CCS(=O)(=O)NCCCc1nc(C)nc(SCCCS(=O)(=O)O)n1.Cc1cccc(C)c1/C=c1\ccc2c(c1)Oc1cc(Cc3c(C)cccc3C)ccc1C=2c1ccccc1S(=O)(=O)[O-].Cc1cccc(C)c1/C=c1\ccc2c(c1)Oc1cc(Cc3c(C)cccc3C)ccc1C=2c1ccccc1S(=O)(=O)[O-].O=S. The Morgan fingerprint density at radius 1 is 0.479 bits per heavy atom. The fourth-order valence-electron chi connectivity index (χ4n) is 13.8. The van der Waals surface area contributed by atoms with Gasteiger partial charge in [-0.2, -0.15) is 12.6 Å². The lowest BCUT2D eigenvalue weighted by molar-refractivity contribution is 0.0909. The first-order chi connectivity index (χ1) is 55.7. The number of thioether (sulfide) groups is 1. The molecule has 1 aromatic heterocycles. The zero-order chi connectivity index (χ0) is 84.9. The van der Waals surface area contributed by atoms with E-state index in [0.717, 1.165) is 73.6 Å². The summed E-state index contributed by atoms with van der Waals surface area (Å²) in [5.74, 6) is 3.80. The third-order valence-electron chi connectivity index (χ3n) is 19.8. The van der Waals surface area contributed by atoms with Gasteiger partial charge in [0.15, 0.2) is 17.7 Å². The van der Waals surface area contributed by atoms with E-state index in [1.165, 1.54) is 92.4 Å². The molecule has 26 heteroatoms. The van der Waals surface area contributed by atoms with Gasteiger partial charge in [0.1, 0.15) is 54.9 Å². The highest BCUT2D eigenvalue weighted by Gasteiger charge is 2.27. The molecule has 0 saturated carbocycles. The minimum absolute atomic E-state index is 0.0439. The van der Waals surface area contributed by atoms with Gasteiger partial charge in [0.25, 0.3) is 10.1 Å². The first-order valence-corrected chi connectivity index (χ1v) is 45.5. The summed E-state index contributed by atoms with van der Waals surface area (Å²) in [7, 11) is -15.0. The lowest BCUT2D eigenvalue weighted by Crippen LogP contribution is -2.26. The number of nitrogens with zero attached hydrogens (tertiary/aromatic N) is 3. The number of aryl methyl sites for hydroxylation is 10. The Kier molecular flexibility index (Phi) is 32.4. The Hall–Kier alpha value is -9.78. The van der Waals surface area contributed by atoms with Crippen LogP contribution in [0.3, 0.4) is 0 Å². The van der Waals surface area contributed by atoms with Gasteiger partial charge in [-0.25, -0.2) is 50.4 Å². The summed E-state index contributed by atoms with van der Waals surface area (Å²) in [6.45, 7) is 23.6. The third-order valence-corrected chi connectivity index (χ3v) is 24.8. The maximum absolute atomic E-state index is 12.4. The summed E-state index contributed by atoms with van der Waals surface area (Å²) in [5.41, 5.74) is 22.9. The van der Waals surface area contributed by atoms with E-state index in [0.29, 0.717) is 93.6 Å². The van der Waals surface area contributed by atoms with E-state index in [1.807, 2.05) is 72.8 Å². The second kappa shape index (κ2) is 41.6. The van der Waals surface area contributed by atoms with Crippen molar-refractivity contribution in [2.24, 2.45) is 0 Å². The number of hydrogen-bond donors (Lipinski definition) is 3. The first kappa shape index (κ1) is 91.1. The van der Waals surface area contributed by atoms with E-state index in [-0.39, 0.29) is 21.3 Å². The fourth-order valence-corrected chi connectivity index (χ4v) is 17.3. The predicted molar refractivity (Wildman–Crippen MR) is 463 cm³/mol. The van der Waals surface area contributed by atoms with Crippen LogP contribution in [-0.4, -0.2) is 104 Å². The zero-order valence-corrected chi connectivity index (χ0v) is 72.5. The van der Waals surface area contributed by atoms with Crippen LogP contribution in [-0.2, 0) is 77.0 Å². The molecule has 2 aliphatic rings. The number of aromatic nitrogens is 3. The van der Waals surface area contributed by atoms with Crippen LogP contribution in [0, 0.1) is 62.3 Å². The molecule has 614 valence electrons. The van der Waals surface area contributed by atoms with Crippen molar-refractivity contribution in [3.8, 4) is 23.0 Å². The molecule has 0 amide bonds. The maximum Gasteiger partial charge on any atom is 0.264 e. The number of sulfonamides is 1. The Labute approximate surface area is 697 Å². The molecule has 0 unspecified atom stereocenters. The predicted octanol–water partition coefficient (Wildman–Crippen LogP) is 14.2. The van der Waals surface area contributed by atoms with Crippen LogP contribution in [0.15, 0.2) is 209 Å². The number of rotatable bonds is 25. The topological polar surface area (TPSA) is 310 Å². The van der Waals surface area contributed by atoms with Crippen LogP contribution in [0.25, 0.3) is 23.3 Å². The van der Waals surface area contributed by atoms with E-state index in [9.17, 15) is 42.8 Å². The Morgan fingerprint density at radius 3 is 1.31 bits per heavy atom. The largest absolute Gasteiger partial charge is 0.744 e. The van der Waals surface area contributed by atoms with Gasteiger partial charge < -0.3 is 23.4 Å². The molecular formula is C91H97N5O15S6-2. The number of unbranched alkanes of at least 4 members (excludes halogenated alkanes) is 1. The highest BCUT2D eigenvalue weighted by atomic mass is 32.2. The van der Waals surface area contributed by atoms with E-state index < -0.39 is 40.4 Å². The average molecular weight is 1690 g/mol. The molecule has 20 nitrogen and oxygen atoms in total. The normalized spacial score (nSPS) is 12.5. The van der Waals surface area contributed by atoms with Crippen molar-refractivity contribution < 1.29 is 65.8 Å². The van der Waals surface area contributed by atoms with Gasteiger partial charge in [0.2, 0.25) is 10.0 Å². The average Bonchev–Trinajstić information content (AvgIpc) is 0.747. The molecule has 0 saturated heterocycles. The lowest BCUT2D eigenvalue weighted by Gasteiger charge is -2.24. The highest BCUT2D eigenvalue weighted by Crippen LogP contribution is 2.41. The van der Waals surface area contributed by atoms with Crippen molar-refractivity contribution in [2.75, 3.05) is 37.5 Å². The third kappa shape index (κ3) is 24.9. The van der Waals surface area contributed by atoms with Crippen LogP contribution in [0.1, 0.15) is 151 Å². The number of hydroxylamine groups is 1. The van der Waals surface area contributed by atoms with Crippen LogP contribution in [0.4, 0.5) is 0 Å². The molecule has 3 heterocycles. The quantitative estimate of drug-likeness (QED) is 0.0207. The van der Waals surface area contributed by atoms with Crippen molar-refractivity contribution in [1.82, 2.24) is 25.2 Å². The Morgan fingerprint density at radius 2 is 0.906 bits per heavy atom. The van der Waals surface area contributed by atoms with Crippen LogP contribution >= 0.6 is 11.8 Å². The summed E-state index contributed by atoms with van der Waals surface area (Å²) in [5, 5.41) is 3.89. The maximum atomic E-state index is 12.4. The molecule has 0 aliphatic carbocycles. The molecule has 3 N–H and O–H groups in total. The van der Waals surface area contributed by atoms with Crippen molar-refractivity contribution in [3.05, 3.63) is 327 Å². The summed E-state index contributed by atoms with van der Waals surface area (Å²) in [4.78, 5) is 16.7. The molecule has 0 atom stereocenters. The molecule has 117 heavy (non-hydrogen) atoms. The van der Waals surface area contributed by atoms with Gasteiger partial charge in [-0.1, -0.05) is 171 Å². The van der Waals surface area contributed by atoms with E-state index >= 15 is 0 Å². The smallest absolute Gasteiger partial charge is 0.264 e. The molecule has 0 bridgehead atoms. The van der Waals surface area contributed by atoms with Crippen LogP contribution in [0.5, 0.6) is 23.0 Å². The molecule has 0 spiro atoms. The molecule has 0 fully saturated rings. The van der Waals surface area contributed by atoms with Crippen molar-refractivity contribution in [1.29, 1.82) is 0 Å². The van der Waals surface area contributed by atoms with Gasteiger partial charge in [-0.05, 0) is 250 Å². The van der Waals surface area contributed by atoms with Gasteiger partial charge in [-0.3, -0.25) is 4.55 Å². The number of ether oxygens (including phenoxy) is 2. The van der Waals surface area contributed by atoms with Crippen molar-refractivity contribution in [2.45, 2.75) is 136 Å². The van der Waals surface area contributed by atoms with E-state index in [1.54, 1.807) is 57.4 Å². The number of benzene rings is 10. The van der Waals surface area contributed by atoms with Gasteiger partial charge in [-0.15, -0.1) is 0 Å². The summed E-state index contributed by atoms with van der Waals surface area (Å²) >= 11 is 4.12. The first-order valence-electron chi connectivity index (χ1n) is 38.1. The van der Waals surface area contributed by atoms with Crippen LogP contribution in [0.2, 0.25) is 0 Å². The summed E-state index contributed by atoms with van der Waals surface area (Å²) < 4.78 is 150. The monoisotopic (exact) mass is 1690 g/mol. The highest BCUT2D eigenvalue weighted by molar-refractivity contribution is 7.99. The van der Waals surface area contributed by atoms with Crippen LogP contribution < -0.4 is 40.6 Å². The summed E-state index contributed by atoms with van der Waals surface area (Å²) in [6.07, 6.45) is 9.52. The molecule has 11 aromatic rings. The number of fused-ring (bicyclic) bond motifs is 4. The zero-order valence-electron chi connectivity index (χ0n) is 67.6. The van der Waals surface area contributed by atoms with E-state index in [4.69, 9.17) is 18.2 Å². The fraction of sp³-hybridized carbons (Fsp3) is 0.264. The number of nitrogens with one attached hydrogen (secondary N) is 2. The minimum atomic E-state index is -4.72. The molecule has 13 rings (SSSR count). The van der Waals surface area contributed by atoms with Crippen molar-refractivity contribution >= 4 is 88.0 Å². The van der Waals surface area contributed by atoms with Gasteiger partial charge in [0, 0.05) is 69.1 Å². The number of hydrogen-bond acceptors (Lipinski definition) is 20. The lowest BCUT2D eigenvalue weighted by atomic mass is 9.90. The second-order valence-corrected chi connectivity index (χ2v) is 35.9. The van der Waals surface area contributed by atoms with Crippen molar-refractivity contribution in [3.63, 3.8) is 0 Å². The standard InChI is InChI=1S/2C37H32O4S.C12H22N4O5S3.C5H13NO.OS/c2*1-23-9-7-10-24(2)32(23)19-27-15-17-29-34(21-27)41-35-22-28(20-33-25(3)11-8-12-26(33)4)16-18-30(35)37(29)31-13-5-6-14-36(31)42(38,39)40;1-3-23(17,18)13-7-4-6-11-14-10(2)15-12(16-11)22-8-5-9-24(19,20)21;1-3-4-5-6-7-2;1-2/h2*5-19,21-22H,20H2,1-4H3,(H,38,39,40);13H,3-9H2,1-2H3,(H,19,20,21);6H,3-5H2,1-2H3;/p-2/b2*27-19+;;;. The minimum Gasteiger partial charge on any atom is -0.744 e. The molecule has 0 radical (unpaired) electrons. The van der Waals surface area contributed by atoms with Gasteiger partial charge >= 0.3 is 0 Å². The Balaban J connectivity index is 0.000000197.